The van der Waals surface area contributed by atoms with E-state index in [0.29, 0.717) is 29.3 Å². The predicted molar refractivity (Wildman–Crippen MR) is 147 cm³/mol. The number of hydrogen-bond acceptors (Lipinski definition) is 4. The molecule has 1 aromatic heterocycles. The molecule has 0 saturated carbocycles. The summed E-state index contributed by atoms with van der Waals surface area (Å²) in [7, 11) is 4.08. The molecule has 0 fully saturated rings. The van der Waals surface area contributed by atoms with E-state index in [1.807, 2.05) is 68.7 Å². The number of H-pyrrole nitrogens is 1. The number of rotatable bonds is 9. The monoisotopic (exact) mass is 482 g/mol. The van der Waals surface area contributed by atoms with Crippen molar-refractivity contribution in [1.82, 2.24) is 15.2 Å². The molecule has 0 saturated heterocycles. The molecular formula is C30H34N4O2. The molecule has 186 valence electrons. The molecule has 6 heteroatoms. The van der Waals surface area contributed by atoms with Crippen LogP contribution in [0.15, 0.2) is 77.8 Å². The van der Waals surface area contributed by atoms with E-state index in [-0.39, 0.29) is 11.8 Å². The van der Waals surface area contributed by atoms with Gasteiger partial charge in [-0.15, -0.1) is 0 Å². The molecule has 0 unspecified atom stereocenters. The molecule has 0 aliphatic rings. The lowest BCUT2D eigenvalue weighted by molar-refractivity contribution is 0.0952. The van der Waals surface area contributed by atoms with Gasteiger partial charge in [0.15, 0.2) is 5.88 Å². The molecule has 0 aliphatic heterocycles. The molecular weight excluding hydrogens is 448 g/mol. The largest absolute Gasteiger partial charge is 0.494 e. The smallest absolute Gasteiger partial charge is 0.251 e. The quantitative estimate of drug-likeness (QED) is 0.261. The van der Waals surface area contributed by atoms with Crippen LogP contribution in [0.4, 0.5) is 5.69 Å². The molecule has 4 rings (SSSR count). The van der Waals surface area contributed by atoms with Gasteiger partial charge in [-0.25, -0.2) is 4.99 Å². The number of aromatic amines is 1. The van der Waals surface area contributed by atoms with Crippen molar-refractivity contribution >= 4 is 28.2 Å². The summed E-state index contributed by atoms with van der Waals surface area (Å²) in [5.41, 5.74) is 5.36. The summed E-state index contributed by atoms with van der Waals surface area (Å²) in [6.45, 7) is 5.74. The van der Waals surface area contributed by atoms with Crippen molar-refractivity contribution in [2.24, 2.45) is 10.9 Å². The summed E-state index contributed by atoms with van der Waals surface area (Å²) < 4.78 is 0. The van der Waals surface area contributed by atoms with Crippen LogP contribution in [0.5, 0.6) is 5.88 Å². The molecule has 0 bridgehead atoms. The maximum absolute atomic E-state index is 12.8. The number of fused-ring (bicyclic) bond motifs is 1. The molecule has 3 aromatic carbocycles. The Kier molecular flexibility index (Phi) is 7.86. The number of amides is 1. The van der Waals surface area contributed by atoms with Crippen LogP contribution < -0.4 is 5.32 Å². The zero-order valence-electron chi connectivity index (χ0n) is 21.4. The minimum atomic E-state index is -0.126. The first-order chi connectivity index (χ1) is 17.3. The third-order valence-corrected chi connectivity index (χ3v) is 6.01. The number of hydrogen-bond donors (Lipinski definition) is 3. The lowest BCUT2D eigenvalue weighted by Crippen LogP contribution is -2.25. The average Bonchev–Trinajstić information content (AvgIpc) is 3.18. The van der Waals surface area contributed by atoms with Gasteiger partial charge < -0.3 is 20.3 Å². The zero-order valence-corrected chi connectivity index (χ0v) is 21.4. The average molecular weight is 483 g/mol. The standard InChI is InChI=1S/C30H34N4O2/c1-20(2)16-17-31-29(35)23-12-15-26-25(18-23)27(30(36)33-26)28(22-8-6-5-7-9-22)32-24-13-10-21(11-14-24)19-34(3)4/h5-15,18,20,33,36H,16-17,19H2,1-4H3,(H,31,35). The van der Waals surface area contributed by atoms with E-state index < -0.39 is 0 Å². The summed E-state index contributed by atoms with van der Waals surface area (Å²) >= 11 is 0. The Morgan fingerprint density at radius 2 is 1.72 bits per heavy atom. The van der Waals surface area contributed by atoms with E-state index in [0.717, 1.165) is 35.1 Å². The van der Waals surface area contributed by atoms with E-state index in [9.17, 15) is 9.90 Å². The first kappa shape index (κ1) is 25.2. The molecule has 36 heavy (non-hydrogen) atoms. The van der Waals surface area contributed by atoms with E-state index >= 15 is 0 Å². The van der Waals surface area contributed by atoms with Crippen molar-refractivity contribution in [1.29, 1.82) is 0 Å². The van der Waals surface area contributed by atoms with Crippen LogP contribution >= 0.6 is 0 Å². The van der Waals surface area contributed by atoms with Crippen molar-refractivity contribution in [3.63, 3.8) is 0 Å². The number of aromatic nitrogens is 1. The maximum atomic E-state index is 12.8. The molecule has 1 amide bonds. The fraction of sp³-hybridized carbons (Fsp3) is 0.267. The minimum Gasteiger partial charge on any atom is -0.494 e. The molecule has 0 radical (unpaired) electrons. The van der Waals surface area contributed by atoms with Gasteiger partial charge in [0.1, 0.15) is 0 Å². The second-order valence-electron chi connectivity index (χ2n) is 9.78. The summed E-state index contributed by atoms with van der Waals surface area (Å²) in [5, 5.41) is 14.7. The van der Waals surface area contributed by atoms with Gasteiger partial charge >= 0.3 is 0 Å². The molecule has 0 atom stereocenters. The first-order valence-corrected chi connectivity index (χ1v) is 12.3. The van der Waals surface area contributed by atoms with Gasteiger partial charge in [-0.2, -0.15) is 0 Å². The van der Waals surface area contributed by atoms with Gasteiger partial charge in [-0.05, 0) is 62.3 Å². The number of carbonyl (C=O) groups is 1. The Morgan fingerprint density at radius 3 is 2.39 bits per heavy atom. The van der Waals surface area contributed by atoms with E-state index in [1.165, 1.54) is 5.56 Å². The van der Waals surface area contributed by atoms with Crippen molar-refractivity contribution in [3.05, 3.63) is 95.1 Å². The van der Waals surface area contributed by atoms with Crippen LogP contribution in [0, 0.1) is 5.92 Å². The third-order valence-electron chi connectivity index (χ3n) is 6.01. The Balaban J connectivity index is 1.77. The number of aromatic hydroxyl groups is 1. The molecule has 4 aromatic rings. The van der Waals surface area contributed by atoms with Gasteiger partial charge in [0.25, 0.3) is 5.91 Å². The number of nitrogens with zero attached hydrogens (tertiary/aromatic N) is 2. The van der Waals surface area contributed by atoms with Crippen LogP contribution in [-0.4, -0.2) is 47.2 Å². The SMILES string of the molecule is CC(C)CCNC(=O)c1ccc2[nH]c(O)c(C(=Nc3ccc(CN(C)C)cc3)c3ccccc3)c2c1. The second-order valence-corrected chi connectivity index (χ2v) is 9.78. The van der Waals surface area contributed by atoms with Crippen LogP contribution in [-0.2, 0) is 6.54 Å². The third kappa shape index (κ3) is 6.01. The Labute approximate surface area is 212 Å². The predicted octanol–water partition coefficient (Wildman–Crippen LogP) is 5.88. The highest BCUT2D eigenvalue weighted by molar-refractivity contribution is 6.22. The molecule has 1 heterocycles. The topological polar surface area (TPSA) is 80.7 Å². The van der Waals surface area contributed by atoms with Crippen molar-refractivity contribution in [2.75, 3.05) is 20.6 Å². The van der Waals surface area contributed by atoms with Gasteiger partial charge in [0.2, 0.25) is 0 Å². The maximum Gasteiger partial charge on any atom is 0.251 e. The number of aliphatic imine (C=N–C) groups is 1. The fourth-order valence-electron chi connectivity index (χ4n) is 4.17. The zero-order chi connectivity index (χ0) is 25.7. The highest BCUT2D eigenvalue weighted by atomic mass is 16.3. The summed E-state index contributed by atoms with van der Waals surface area (Å²) in [6.07, 6.45) is 0.919. The second kappa shape index (κ2) is 11.2. The van der Waals surface area contributed by atoms with Gasteiger partial charge in [0, 0.05) is 35.1 Å². The van der Waals surface area contributed by atoms with Gasteiger partial charge in [-0.3, -0.25) is 4.79 Å². The minimum absolute atomic E-state index is 0.0224. The molecule has 3 N–H and O–H groups in total. The molecule has 6 nitrogen and oxygen atoms in total. The lowest BCUT2D eigenvalue weighted by Gasteiger charge is -2.11. The van der Waals surface area contributed by atoms with Crippen LogP contribution in [0.25, 0.3) is 10.9 Å². The highest BCUT2D eigenvalue weighted by Gasteiger charge is 2.20. The van der Waals surface area contributed by atoms with Crippen molar-refractivity contribution in [2.45, 2.75) is 26.8 Å². The fourth-order valence-corrected chi connectivity index (χ4v) is 4.17. The summed E-state index contributed by atoms with van der Waals surface area (Å²) in [5.74, 6) is 0.413. The summed E-state index contributed by atoms with van der Waals surface area (Å²) in [6, 6.07) is 23.3. The Morgan fingerprint density at radius 1 is 1.00 bits per heavy atom. The Bertz CT molecular complexity index is 1350. The Hall–Kier alpha value is -3.90. The summed E-state index contributed by atoms with van der Waals surface area (Å²) in [4.78, 5) is 23.0. The van der Waals surface area contributed by atoms with Crippen molar-refractivity contribution in [3.8, 4) is 5.88 Å². The first-order valence-electron chi connectivity index (χ1n) is 12.3. The number of carbonyl (C=O) groups excluding carboxylic acids is 1. The van der Waals surface area contributed by atoms with E-state index in [2.05, 4.69) is 41.2 Å². The lowest BCUT2D eigenvalue weighted by atomic mass is 9.99. The van der Waals surface area contributed by atoms with Gasteiger partial charge in [0.05, 0.1) is 17.0 Å². The van der Waals surface area contributed by atoms with Gasteiger partial charge in [-0.1, -0.05) is 56.3 Å². The van der Waals surface area contributed by atoms with Crippen molar-refractivity contribution < 1.29 is 9.90 Å². The van der Waals surface area contributed by atoms with Crippen LogP contribution in [0.2, 0.25) is 0 Å². The van der Waals surface area contributed by atoms with E-state index in [1.54, 1.807) is 6.07 Å². The van der Waals surface area contributed by atoms with Crippen LogP contribution in [0.1, 0.15) is 47.3 Å². The normalized spacial score (nSPS) is 12.0. The number of nitrogens with one attached hydrogen (secondary N) is 2. The number of benzene rings is 3. The van der Waals surface area contributed by atoms with E-state index in [4.69, 9.17) is 4.99 Å². The molecule has 0 aliphatic carbocycles. The highest BCUT2D eigenvalue weighted by Crippen LogP contribution is 2.32. The van der Waals surface area contributed by atoms with Crippen LogP contribution in [0.3, 0.4) is 0 Å². The molecule has 0 spiro atoms.